The first-order valence-electron chi connectivity index (χ1n) is 6.44. The van der Waals surface area contributed by atoms with Crippen molar-refractivity contribution < 1.29 is 14.5 Å². The minimum Gasteiger partial charge on any atom is -0.482 e. The Morgan fingerprint density at radius 1 is 1.55 bits per heavy atom. The molecule has 1 aromatic carbocycles. The predicted molar refractivity (Wildman–Crippen MR) is 72.7 cm³/mol. The molecule has 7 nitrogen and oxygen atoms in total. The third kappa shape index (κ3) is 3.05. The average molecular weight is 279 g/mol. The highest BCUT2D eigenvalue weighted by Crippen LogP contribution is 2.30. The van der Waals surface area contributed by atoms with Gasteiger partial charge in [0.15, 0.2) is 5.75 Å². The molecule has 0 aromatic heterocycles. The smallest absolute Gasteiger partial charge is 0.311 e. The van der Waals surface area contributed by atoms with E-state index in [1.807, 2.05) is 0 Å². The van der Waals surface area contributed by atoms with Crippen molar-refractivity contribution in [3.05, 3.63) is 33.9 Å². The first kappa shape index (κ1) is 14.3. The van der Waals surface area contributed by atoms with Crippen molar-refractivity contribution in [2.45, 2.75) is 19.4 Å². The van der Waals surface area contributed by atoms with Gasteiger partial charge in [-0.2, -0.15) is 0 Å². The van der Waals surface area contributed by atoms with Crippen LogP contribution in [-0.2, 0) is 0 Å². The number of amides is 1. The second-order valence-corrected chi connectivity index (χ2v) is 4.93. The van der Waals surface area contributed by atoms with Gasteiger partial charge >= 0.3 is 5.69 Å². The third-order valence-corrected chi connectivity index (χ3v) is 3.48. The van der Waals surface area contributed by atoms with Gasteiger partial charge in [0.2, 0.25) is 5.91 Å². The number of carbonyl (C=O) groups excluding carboxylic acids is 1. The number of nitrogens with zero attached hydrogens (tertiary/aromatic N) is 1. The molecule has 0 aliphatic carbocycles. The van der Waals surface area contributed by atoms with Crippen molar-refractivity contribution >= 4 is 11.6 Å². The second kappa shape index (κ2) is 5.87. The topological polar surface area (TPSA) is 107 Å². The van der Waals surface area contributed by atoms with Crippen molar-refractivity contribution in [3.63, 3.8) is 0 Å². The number of nitrogens with two attached hydrogens (primary N) is 1. The van der Waals surface area contributed by atoms with E-state index in [1.54, 1.807) is 0 Å². The number of hydrogen-bond acceptors (Lipinski definition) is 5. The lowest BCUT2D eigenvalue weighted by Gasteiger charge is -2.29. The van der Waals surface area contributed by atoms with E-state index in [1.165, 1.54) is 12.1 Å². The number of primary amides is 1. The maximum absolute atomic E-state index is 11.1. The molecule has 2 atom stereocenters. The molecule has 3 N–H and O–H groups in total. The van der Waals surface area contributed by atoms with Crippen LogP contribution in [0.1, 0.15) is 23.7 Å². The molecule has 1 fully saturated rings. The first-order chi connectivity index (χ1) is 9.49. The van der Waals surface area contributed by atoms with Crippen LogP contribution in [0, 0.1) is 16.0 Å². The molecule has 1 amide bonds. The van der Waals surface area contributed by atoms with Crippen LogP contribution in [0.2, 0.25) is 0 Å². The maximum Gasteiger partial charge on any atom is 0.311 e. The molecule has 108 valence electrons. The molecule has 1 aliphatic rings. The van der Waals surface area contributed by atoms with Gasteiger partial charge in [-0.05, 0) is 31.0 Å². The molecule has 2 rings (SSSR count). The summed E-state index contributed by atoms with van der Waals surface area (Å²) in [5.41, 5.74) is 4.99. The lowest BCUT2D eigenvalue weighted by atomic mass is 9.97. The predicted octanol–water partition coefficient (Wildman–Crippen LogP) is 1.07. The normalized spacial score (nSPS) is 22.2. The van der Waals surface area contributed by atoms with E-state index in [0.29, 0.717) is 12.5 Å². The van der Waals surface area contributed by atoms with Gasteiger partial charge in [0.1, 0.15) is 6.10 Å². The van der Waals surface area contributed by atoms with Crippen molar-refractivity contribution in [2.24, 2.45) is 11.7 Å². The lowest BCUT2D eigenvalue weighted by Crippen LogP contribution is -2.42. The molecule has 0 bridgehead atoms. The van der Waals surface area contributed by atoms with Gasteiger partial charge in [-0.15, -0.1) is 0 Å². The van der Waals surface area contributed by atoms with Gasteiger partial charge in [0.25, 0.3) is 0 Å². The summed E-state index contributed by atoms with van der Waals surface area (Å²) >= 11 is 0. The van der Waals surface area contributed by atoms with E-state index in [-0.39, 0.29) is 23.1 Å². The van der Waals surface area contributed by atoms with E-state index in [0.717, 1.165) is 19.0 Å². The lowest BCUT2D eigenvalue weighted by molar-refractivity contribution is -0.386. The zero-order valence-corrected chi connectivity index (χ0v) is 11.2. The number of rotatable bonds is 4. The summed E-state index contributed by atoms with van der Waals surface area (Å²) in [5, 5.41) is 14.3. The van der Waals surface area contributed by atoms with Gasteiger partial charge in [0, 0.05) is 18.2 Å². The summed E-state index contributed by atoms with van der Waals surface area (Å²) in [5.74, 6) is -0.223. The van der Waals surface area contributed by atoms with Gasteiger partial charge in [0.05, 0.1) is 4.92 Å². The van der Waals surface area contributed by atoms with Gasteiger partial charge < -0.3 is 15.8 Å². The third-order valence-electron chi connectivity index (χ3n) is 3.48. The Hall–Kier alpha value is -2.15. The van der Waals surface area contributed by atoms with Crippen molar-refractivity contribution in [2.75, 3.05) is 13.1 Å². The highest BCUT2D eigenvalue weighted by Gasteiger charge is 2.26. The van der Waals surface area contributed by atoms with Crippen LogP contribution in [0.15, 0.2) is 18.2 Å². The molecule has 0 spiro atoms. The number of nitro benzene ring substituents is 1. The Morgan fingerprint density at radius 3 is 2.90 bits per heavy atom. The standard InChI is InChI=1S/C13H17N3O4/c1-8-4-5-15-7-12(8)20-11-3-2-9(13(14)17)6-10(11)16(18)19/h2-3,6,8,12,15H,4-5,7H2,1H3,(H2,14,17). The molecule has 0 saturated carbocycles. The number of benzene rings is 1. The molecular weight excluding hydrogens is 262 g/mol. The first-order valence-corrected chi connectivity index (χ1v) is 6.44. The number of piperidine rings is 1. The fourth-order valence-electron chi connectivity index (χ4n) is 2.20. The van der Waals surface area contributed by atoms with E-state index in [4.69, 9.17) is 10.5 Å². The van der Waals surface area contributed by atoms with Crippen molar-refractivity contribution in [1.82, 2.24) is 5.32 Å². The van der Waals surface area contributed by atoms with Crippen LogP contribution in [-0.4, -0.2) is 30.0 Å². The summed E-state index contributed by atoms with van der Waals surface area (Å²) in [4.78, 5) is 21.6. The largest absolute Gasteiger partial charge is 0.482 e. The molecule has 7 heteroatoms. The average Bonchev–Trinajstić information content (AvgIpc) is 2.41. The molecular formula is C13H17N3O4. The number of ether oxygens (including phenoxy) is 1. The fourth-order valence-corrected chi connectivity index (χ4v) is 2.20. The highest BCUT2D eigenvalue weighted by molar-refractivity contribution is 5.93. The fraction of sp³-hybridized carbons (Fsp3) is 0.462. The maximum atomic E-state index is 11.1. The Kier molecular flexibility index (Phi) is 4.19. The highest BCUT2D eigenvalue weighted by atomic mass is 16.6. The van der Waals surface area contributed by atoms with Gasteiger partial charge in [-0.25, -0.2) is 0 Å². The second-order valence-electron chi connectivity index (χ2n) is 4.93. The Morgan fingerprint density at radius 2 is 2.30 bits per heavy atom. The molecule has 2 unspecified atom stereocenters. The summed E-state index contributed by atoms with van der Waals surface area (Å²) in [6.45, 7) is 3.62. The number of hydrogen-bond donors (Lipinski definition) is 2. The van der Waals surface area contributed by atoms with Gasteiger partial charge in [-0.3, -0.25) is 14.9 Å². The Bertz CT molecular complexity index is 532. The van der Waals surface area contributed by atoms with Crippen LogP contribution in [0.4, 0.5) is 5.69 Å². The minimum absolute atomic E-state index is 0.0962. The van der Waals surface area contributed by atoms with Crippen molar-refractivity contribution in [1.29, 1.82) is 0 Å². The van der Waals surface area contributed by atoms with E-state index < -0.39 is 10.8 Å². The zero-order valence-electron chi connectivity index (χ0n) is 11.2. The SMILES string of the molecule is CC1CCNCC1Oc1ccc(C(N)=O)cc1[N+](=O)[O-]. The quantitative estimate of drug-likeness (QED) is 0.633. The summed E-state index contributed by atoms with van der Waals surface area (Å²) < 4.78 is 5.74. The van der Waals surface area contributed by atoms with Crippen LogP contribution in [0.3, 0.4) is 0 Å². The summed E-state index contributed by atoms with van der Waals surface area (Å²) in [7, 11) is 0. The number of nitro groups is 1. The molecule has 1 saturated heterocycles. The van der Waals surface area contributed by atoms with Crippen molar-refractivity contribution in [3.8, 4) is 5.75 Å². The molecule has 20 heavy (non-hydrogen) atoms. The molecule has 1 aromatic rings. The van der Waals surface area contributed by atoms with Crippen LogP contribution >= 0.6 is 0 Å². The van der Waals surface area contributed by atoms with Crippen LogP contribution in [0.5, 0.6) is 5.75 Å². The van der Waals surface area contributed by atoms with E-state index >= 15 is 0 Å². The Balaban J connectivity index is 2.26. The van der Waals surface area contributed by atoms with Gasteiger partial charge in [-0.1, -0.05) is 6.92 Å². The van der Waals surface area contributed by atoms with E-state index in [9.17, 15) is 14.9 Å². The molecule has 0 radical (unpaired) electrons. The van der Waals surface area contributed by atoms with E-state index in [2.05, 4.69) is 12.2 Å². The monoisotopic (exact) mass is 279 g/mol. The molecule has 1 aliphatic heterocycles. The number of carbonyl (C=O) groups is 1. The number of nitrogens with one attached hydrogen (secondary N) is 1. The summed E-state index contributed by atoms with van der Waals surface area (Å²) in [6, 6.07) is 4.02. The molecule has 1 heterocycles. The minimum atomic E-state index is -0.702. The van der Waals surface area contributed by atoms with Crippen LogP contribution < -0.4 is 15.8 Å². The Labute approximate surface area is 116 Å². The van der Waals surface area contributed by atoms with Crippen LogP contribution in [0.25, 0.3) is 0 Å². The zero-order chi connectivity index (χ0) is 14.7. The summed E-state index contributed by atoms with van der Waals surface area (Å²) in [6.07, 6.45) is 0.833.